The minimum absolute atomic E-state index is 0.0242. The van der Waals surface area contributed by atoms with E-state index in [1.165, 1.54) is 19.3 Å². The van der Waals surface area contributed by atoms with Gasteiger partial charge in [0.1, 0.15) is 24.4 Å². The second kappa shape index (κ2) is 16.4. The summed E-state index contributed by atoms with van der Waals surface area (Å²) in [6.07, 6.45) is 4.13. The number of hydrogen-bond donors (Lipinski definition) is 0. The van der Waals surface area contributed by atoms with Crippen LogP contribution in [0.15, 0.2) is 0 Å². The quantitative estimate of drug-likeness (QED) is 0.197. The molecule has 252 valence electrons. The third-order valence-corrected chi connectivity index (χ3v) is 8.39. The van der Waals surface area contributed by atoms with Crippen molar-refractivity contribution in [3.8, 4) is 0 Å². The first kappa shape index (κ1) is 35.4. The van der Waals surface area contributed by atoms with E-state index in [1.54, 1.807) is 0 Å². The van der Waals surface area contributed by atoms with Gasteiger partial charge in [0.05, 0.1) is 78.8 Å². The van der Waals surface area contributed by atoms with Crippen molar-refractivity contribution in [3.63, 3.8) is 0 Å². The molecule has 1 aliphatic carbocycles. The highest BCUT2D eigenvalue weighted by Crippen LogP contribution is 2.34. The van der Waals surface area contributed by atoms with Crippen LogP contribution in [-0.2, 0) is 52.1 Å². The fourth-order valence-electron chi connectivity index (χ4n) is 5.71. The molecule has 4 rings (SSSR count). The first-order valence-electron chi connectivity index (χ1n) is 16.3. The highest BCUT2D eigenvalue weighted by molar-refractivity contribution is 4.79. The van der Waals surface area contributed by atoms with Crippen LogP contribution in [0.5, 0.6) is 0 Å². The lowest BCUT2D eigenvalue weighted by atomic mass is 9.76. The smallest absolute Gasteiger partial charge is 0.163 e. The van der Waals surface area contributed by atoms with Crippen LogP contribution < -0.4 is 0 Å². The van der Waals surface area contributed by atoms with Gasteiger partial charge in [-0.05, 0) is 53.9 Å². The molecule has 5 unspecified atom stereocenters. The van der Waals surface area contributed by atoms with Gasteiger partial charge in [-0.1, -0.05) is 26.2 Å². The molecule has 5 atom stereocenters. The second-order valence-corrected chi connectivity index (χ2v) is 13.7. The molecule has 0 aromatic rings. The molecule has 3 heterocycles. The third-order valence-electron chi connectivity index (χ3n) is 8.39. The number of rotatable bonds is 20. The van der Waals surface area contributed by atoms with E-state index in [2.05, 4.69) is 6.92 Å². The predicted molar refractivity (Wildman–Crippen MR) is 158 cm³/mol. The fraction of sp³-hybridized carbons (Fsp3) is 1.00. The fourth-order valence-corrected chi connectivity index (χ4v) is 5.71. The highest BCUT2D eigenvalue weighted by atomic mass is 16.8. The van der Waals surface area contributed by atoms with Crippen molar-refractivity contribution >= 4 is 0 Å². The molecule has 43 heavy (non-hydrogen) atoms. The molecule has 11 nitrogen and oxygen atoms in total. The summed E-state index contributed by atoms with van der Waals surface area (Å²) >= 11 is 0. The Labute approximate surface area is 258 Å². The molecule has 3 aliphatic heterocycles. The van der Waals surface area contributed by atoms with Crippen molar-refractivity contribution < 1.29 is 52.1 Å². The number of ether oxygens (including phenoxy) is 11. The van der Waals surface area contributed by atoms with Crippen LogP contribution in [0.3, 0.4) is 0 Å². The highest BCUT2D eigenvalue weighted by Gasteiger charge is 2.35. The van der Waals surface area contributed by atoms with Crippen LogP contribution in [0.4, 0.5) is 0 Å². The van der Waals surface area contributed by atoms with Gasteiger partial charge in [0.15, 0.2) is 17.4 Å². The molecule has 0 N–H and O–H groups in total. The van der Waals surface area contributed by atoms with Crippen LogP contribution >= 0.6 is 0 Å². The Balaban J connectivity index is 1.21. The average Bonchev–Trinajstić information content (AvgIpc) is 3.56. The van der Waals surface area contributed by atoms with E-state index in [-0.39, 0.29) is 30.5 Å². The molecule has 4 aliphatic rings. The Bertz CT molecular complexity index is 770. The molecule has 3 saturated heterocycles. The standard InChI is InChI=1S/C32H58O11/c1-8-25(14-33-17-27-20-38-30(2,3)41-27)36-12-24(23-10-9-11-23)13-37-26(15-34-18-28-21-39-31(4,5)42-28)16-35-19-29-22-40-32(6,7)43-29/h23-29H,8-22H2,1-7H3. The lowest BCUT2D eigenvalue weighted by molar-refractivity contribution is -0.153. The molecular formula is C32H58O11. The summed E-state index contributed by atoms with van der Waals surface area (Å²) in [4.78, 5) is 0. The first-order chi connectivity index (χ1) is 20.4. The molecule has 0 radical (unpaired) electrons. The minimum Gasteiger partial charge on any atom is -0.376 e. The molecule has 11 heteroatoms. The maximum Gasteiger partial charge on any atom is 0.163 e. The third kappa shape index (κ3) is 12.4. The molecule has 0 spiro atoms. The zero-order chi connectivity index (χ0) is 30.9. The van der Waals surface area contributed by atoms with E-state index < -0.39 is 17.4 Å². The summed E-state index contributed by atoms with van der Waals surface area (Å²) in [5, 5.41) is 0. The van der Waals surface area contributed by atoms with Crippen LogP contribution in [0, 0.1) is 11.8 Å². The average molecular weight is 619 g/mol. The van der Waals surface area contributed by atoms with Crippen molar-refractivity contribution in [2.24, 2.45) is 11.8 Å². The van der Waals surface area contributed by atoms with Crippen LogP contribution in [-0.4, -0.2) is 121 Å². The Morgan fingerprint density at radius 1 is 0.581 bits per heavy atom. The topological polar surface area (TPSA) is 102 Å². The molecule has 1 saturated carbocycles. The summed E-state index contributed by atoms with van der Waals surface area (Å²) in [5.74, 6) is -0.778. The van der Waals surface area contributed by atoms with Crippen LogP contribution in [0.25, 0.3) is 0 Å². The van der Waals surface area contributed by atoms with Gasteiger partial charge in [0.25, 0.3) is 0 Å². The summed E-state index contributed by atoms with van der Waals surface area (Å²) in [7, 11) is 0. The SMILES string of the molecule is CCC(COCC1COC(C)(C)O1)OCC(COC(COCC1COC(C)(C)O1)COCC1COC(C)(C)O1)C1CCC1. The summed E-state index contributed by atoms with van der Waals surface area (Å²) in [6.45, 7) is 19.2. The molecule has 4 fully saturated rings. The Morgan fingerprint density at radius 2 is 0.977 bits per heavy atom. The van der Waals surface area contributed by atoms with Crippen molar-refractivity contribution in [1.29, 1.82) is 0 Å². The van der Waals surface area contributed by atoms with Crippen LogP contribution in [0.2, 0.25) is 0 Å². The molecular weight excluding hydrogens is 560 g/mol. The Hall–Kier alpha value is -0.440. The maximum absolute atomic E-state index is 6.47. The van der Waals surface area contributed by atoms with Gasteiger partial charge < -0.3 is 52.1 Å². The summed E-state index contributed by atoms with van der Waals surface area (Å²) in [5.41, 5.74) is 0. The zero-order valence-electron chi connectivity index (χ0n) is 27.6. The Kier molecular flexibility index (Phi) is 13.5. The molecule has 0 aromatic heterocycles. The lowest BCUT2D eigenvalue weighted by Crippen LogP contribution is -2.36. The maximum atomic E-state index is 6.47. The van der Waals surface area contributed by atoms with Crippen LogP contribution in [0.1, 0.15) is 74.1 Å². The van der Waals surface area contributed by atoms with Gasteiger partial charge in [-0.15, -0.1) is 0 Å². The van der Waals surface area contributed by atoms with E-state index in [4.69, 9.17) is 52.1 Å². The van der Waals surface area contributed by atoms with Gasteiger partial charge in [-0.3, -0.25) is 0 Å². The molecule has 0 aromatic carbocycles. The van der Waals surface area contributed by atoms with Crippen molar-refractivity contribution in [1.82, 2.24) is 0 Å². The van der Waals surface area contributed by atoms with E-state index >= 15 is 0 Å². The van der Waals surface area contributed by atoms with Crippen molar-refractivity contribution in [2.75, 3.05) is 72.7 Å². The van der Waals surface area contributed by atoms with E-state index in [1.807, 2.05) is 41.5 Å². The van der Waals surface area contributed by atoms with E-state index in [9.17, 15) is 0 Å². The molecule has 0 bridgehead atoms. The van der Waals surface area contributed by atoms with E-state index in [0.29, 0.717) is 84.5 Å². The van der Waals surface area contributed by atoms with Gasteiger partial charge >= 0.3 is 0 Å². The van der Waals surface area contributed by atoms with Gasteiger partial charge in [0.2, 0.25) is 0 Å². The van der Waals surface area contributed by atoms with Gasteiger partial charge in [-0.2, -0.15) is 0 Å². The zero-order valence-corrected chi connectivity index (χ0v) is 27.6. The largest absolute Gasteiger partial charge is 0.376 e. The van der Waals surface area contributed by atoms with E-state index in [0.717, 1.165) is 6.42 Å². The van der Waals surface area contributed by atoms with Crippen molar-refractivity contribution in [2.45, 2.75) is 122 Å². The number of hydrogen-bond acceptors (Lipinski definition) is 11. The lowest BCUT2D eigenvalue weighted by Gasteiger charge is -2.35. The second-order valence-electron chi connectivity index (χ2n) is 13.7. The van der Waals surface area contributed by atoms with Gasteiger partial charge in [0, 0.05) is 5.92 Å². The first-order valence-corrected chi connectivity index (χ1v) is 16.3. The van der Waals surface area contributed by atoms with Crippen molar-refractivity contribution in [3.05, 3.63) is 0 Å². The molecule has 0 amide bonds. The van der Waals surface area contributed by atoms with Gasteiger partial charge in [-0.25, -0.2) is 0 Å². The summed E-state index contributed by atoms with van der Waals surface area (Å²) in [6, 6.07) is 0. The predicted octanol–water partition coefficient (Wildman–Crippen LogP) is 4.09. The Morgan fingerprint density at radius 3 is 1.30 bits per heavy atom. The minimum atomic E-state index is -0.572. The monoisotopic (exact) mass is 618 g/mol. The summed E-state index contributed by atoms with van der Waals surface area (Å²) < 4.78 is 65.5. The normalized spacial score (nSPS) is 30.3.